The molecule has 0 spiro atoms. The SMILES string of the molecule is C=COC(=O)C(OCCCCC(F)(F)C(F)(F)S(=O)(=O)O)(OC(=O)C(=C)C)C(F)(F)F. The van der Waals surface area contributed by atoms with Crippen molar-refractivity contribution in [1.82, 2.24) is 0 Å². The van der Waals surface area contributed by atoms with Crippen LogP contribution in [0.25, 0.3) is 0 Å². The van der Waals surface area contributed by atoms with E-state index < -0.39 is 76.6 Å². The average Bonchev–Trinajstić information content (AvgIpc) is 2.57. The van der Waals surface area contributed by atoms with Crippen LogP contribution in [-0.4, -0.2) is 54.7 Å². The van der Waals surface area contributed by atoms with Gasteiger partial charge >= 0.3 is 45.2 Å². The summed E-state index contributed by atoms with van der Waals surface area (Å²) in [4.78, 5) is 23.3. The lowest BCUT2D eigenvalue weighted by molar-refractivity contribution is -0.353. The molecule has 31 heavy (non-hydrogen) atoms. The summed E-state index contributed by atoms with van der Waals surface area (Å²) >= 11 is 0. The number of ether oxygens (including phenoxy) is 3. The molecule has 0 saturated carbocycles. The van der Waals surface area contributed by atoms with Gasteiger partial charge in [-0.1, -0.05) is 13.2 Å². The molecule has 0 bridgehead atoms. The van der Waals surface area contributed by atoms with Gasteiger partial charge in [-0.15, -0.1) is 0 Å². The van der Waals surface area contributed by atoms with E-state index in [0.29, 0.717) is 0 Å². The van der Waals surface area contributed by atoms with Gasteiger partial charge in [0.15, 0.2) is 0 Å². The molecule has 0 heterocycles. The van der Waals surface area contributed by atoms with Crippen LogP contribution in [0.3, 0.4) is 0 Å². The number of halogens is 7. The van der Waals surface area contributed by atoms with Crippen LogP contribution in [0.2, 0.25) is 0 Å². The van der Waals surface area contributed by atoms with Gasteiger partial charge in [0.05, 0.1) is 12.9 Å². The Hall–Kier alpha value is -2.20. The Morgan fingerprint density at radius 1 is 1.06 bits per heavy atom. The second kappa shape index (κ2) is 9.95. The van der Waals surface area contributed by atoms with Crippen molar-refractivity contribution in [3.63, 3.8) is 0 Å². The van der Waals surface area contributed by atoms with Crippen molar-refractivity contribution in [1.29, 1.82) is 0 Å². The first-order valence-corrected chi connectivity index (χ1v) is 9.35. The number of carbonyl (C=O) groups excluding carboxylic acids is 2. The predicted octanol–water partition coefficient (Wildman–Crippen LogP) is 3.35. The van der Waals surface area contributed by atoms with E-state index in [1.54, 1.807) is 0 Å². The fraction of sp³-hybridized carbons (Fsp3) is 0.600. The van der Waals surface area contributed by atoms with Crippen molar-refractivity contribution in [3.05, 3.63) is 25.0 Å². The summed E-state index contributed by atoms with van der Waals surface area (Å²) in [5, 5.41) is -5.86. The molecule has 0 aromatic rings. The van der Waals surface area contributed by atoms with Gasteiger partial charge in [0.1, 0.15) is 0 Å². The number of hydrogen-bond acceptors (Lipinski definition) is 7. The van der Waals surface area contributed by atoms with E-state index in [0.717, 1.165) is 6.92 Å². The Morgan fingerprint density at radius 2 is 1.58 bits per heavy atom. The highest BCUT2D eigenvalue weighted by Gasteiger charge is 2.68. The van der Waals surface area contributed by atoms with E-state index in [1.165, 1.54) is 0 Å². The first kappa shape index (κ1) is 28.8. The maximum Gasteiger partial charge on any atom is 0.468 e. The normalized spacial score (nSPS) is 15.0. The minimum absolute atomic E-state index is 0.249. The molecule has 0 saturated heterocycles. The average molecular weight is 490 g/mol. The minimum Gasteiger partial charge on any atom is -0.430 e. The first-order chi connectivity index (χ1) is 13.8. The molecule has 0 radical (unpaired) electrons. The molecular weight excluding hydrogens is 473 g/mol. The number of rotatable bonds is 12. The summed E-state index contributed by atoms with van der Waals surface area (Å²) in [7, 11) is -6.48. The number of esters is 2. The van der Waals surface area contributed by atoms with Gasteiger partial charge in [-0.2, -0.15) is 39.2 Å². The van der Waals surface area contributed by atoms with Crippen LogP contribution in [0.4, 0.5) is 30.7 Å². The van der Waals surface area contributed by atoms with Crippen molar-refractivity contribution < 1.29 is 67.5 Å². The van der Waals surface area contributed by atoms with Gasteiger partial charge < -0.3 is 14.2 Å². The van der Waals surface area contributed by atoms with Gasteiger partial charge in [-0.05, 0) is 19.8 Å². The van der Waals surface area contributed by atoms with Gasteiger partial charge in [0.2, 0.25) is 0 Å². The zero-order valence-electron chi connectivity index (χ0n) is 15.7. The van der Waals surface area contributed by atoms with E-state index in [4.69, 9.17) is 4.55 Å². The summed E-state index contributed by atoms with van der Waals surface area (Å²) in [6, 6.07) is 0. The summed E-state index contributed by atoms with van der Waals surface area (Å²) in [5.74, 6) is -13.7. The summed E-state index contributed by atoms with van der Waals surface area (Å²) in [5.41, 5.74) is -0.587. The van der Waals surface area contributed by atoms with Crippen molar-refractivity contribution in [2.75, 3.05) is 6.61 Å². The largest absolute Gasteiger partial charge is 0.468 e. The smallest absolute Gasteiger partial charge is 0.430 e. The fourth-order valence-electron chi connectivity index (χ4n) is 1.76. The Bertz CT molecular complexity index is 807. The van der Waals surface area contributed by atoms with Crippen LogP contribution >= 0.6 is 0 Å². The molecule has 0 fully saturated rings. The third-order valence-electron chi connectivity index (χ3n) is 3.36. The maximum absolute atomic E-state index is 13.5. The highest BCUT2D eigenvalue weighted by molar-refractivity contribution is 7.87. The summed E-state index contributed by atoms with van der Waals surface area (Å²) in [6.45, 7) is 5.52. The third-order valence-corrected chi connectivity index (χ3v) is 4.30. The number of unbranched alkanes of at least 4 members (excludes halogenated alkanes) is 1. The lowest BCUT2D eigenvalue weighted by atomic mass is 10.1. The predicted molar refractivity (Wildman–Crippen MR) is 87.2 cm³/mol. The molecule has 1 unspecified atom stereocenters. The van der Waals surface area contributed by atoms with E-state index >= 15 is 0 Å². The van der Waals surface area contributed by atoms with E-state index in [-0.39, 0.29) is 6.26 Å². The maximum atomic E-state index is 13.5. The zero-order valence-corrected chi connectivity index (χ0v) is 16.5. The van der Waals surface area contributed by atoms with Crippen LogP contribution in [0.1, 0.15) is 26.2 Å². The molecule has 0 rings (SSSR count). The topological polar surface area (TPSA) is 116 Å². The van der Waals surface area contributed by atoms with Gasteiger partial charge in [0, 0.05) is 12.0 Å². The molecule has 1 N–H and O–H groups in total. The molecular formula is C15H17F7O8S. The van der Waals surface area contributed by atoms with Gasteiger partial charge in [0.25, 0.3) is 0 Å². The molecule has 0 aromatic heterocycles. The van der Waals surface area contributed by atoms with Crippen LogP contribution in [0.5, 0.6) is 0 Å². The van der Waals surface area contributed by atoms with Crippen LogP contribution < -0.4 is 0 Å². The van der Waals surface area contributed by atoms with Crippen LogP contribution in [0, 0.1) is 0 Å². The first-order valence-electron chi connectivity index (χ1n) is 7.91. The molecule has 16 heteroatoms. The highest BCUT2D eigenvalue weighted by atomic mass is 32.2. The molecule has 0 aromatic carbocycles. The standard InChI is InChI=1S/C15H17F7O8S/c1-4-28-11(24)13(14(18,19)20,30-10(23)9(2)3)29-8-6-5-7-12(16,17)15(21,22)31(25,26)27/h4H,1-2,5-8H2,3H3,(H,25,26,27). The quantitative estimate of drug-likeness (QED) is 0.0843. The Labute approximate surface area is 171 Å². The Kier molecular flexibility index (Phi) is 9.24. The molecule has 0 aliphatic heterocycles. The second-order valence-corrected chi connectivity index (χ2v) is 7.32. The zero-order chi connectivity index (χ0) is 24.9. The molecule has 0 aliphatic carbocycles. The van der Waals surface area contributed by atoms with Crippen LogP contribution in [0.15, 0.2) is 25.0 Å². The molecule has 0 aliphatic rings. The van der Waals surface area contributed by atoms with E-state index in [9.17, 15) is 48.7 Å². The third kappa shape index (κ3) is 6.64. The van der Waals surface area contributed by atoms with Crippen molar-refractivity contribution >= 4 is 22.1 Å². The van der Waals surface area contributed by atoms with Crippen molar-refractivity contribution in [2.24, 2.45) is 0 Å². The second-order valence-electron chi connectivity index (χ2n) is 5.86. The van der Waals surface area contributed by atoms with Crippen LogP contribution in [-0.2, 0) is 33.9 Å². The molecule has 0 amide bonds. The van der Waals surface area contributed by atoms with E-state index in [1.807, 2.05) is 0 Å². The summed E-state index contributed by atoms with van der Waals surface area (Å²) < 4.78 is 135. The van der Waals surface area contributed by atoms with Gasteiger partial charge in [-0.25, -0.2) is 9.59 Å². The summed E-state index contributed by atoms with van der Waals surface area (Å²) in [6.07, 6.45) is -9.33. The molecule has 180 valence electrons. The van der Waals surface area contributed by atoms with Gasteiger partial charge in [-0.3, -0.25) is 4.55 Å². The monoisotopic (exact) mass is 490 g/mol. The van der Waals surface area contributed by atoms with Crippen molar-refractivity contribution in [2.45, 2.75) is 49.3 Å². The number of alkyl halides is 7. The lowest BCUT2D eigenvalue weighted by Crippen LogP contribution is -2.58. The van der Waals surface area contributed by atoms with E-state index in [2.05, 4.69) is 27.4 Å². The number of hydrogen-bond donors (Lipinski definition) is 1. The molecule has 8 nitrogen and oxygen atoms in total. The Balaban J connectivity index is 5.46. The van der Waals surface area contributed by atoms with Crippen molar-refractivity contribution in [3.8, 4) is 0 Å². The fourth-order valence-corrected chi connectivity index (χ4v) is 2.24. The lowest BCUT2D eigenvalue weighted by Gasteiger charge is -2.31. The Morgan fingerprint density at radius 3 is 1.97 bits per heavy atom. The number of carbonyl (C=O) groups is 2. The molecule has 1 atom stereocenters. The highest BCUT2D eigenvalue weighted by Crippen LogP contribution is 2.42. The minimum atomic E-state index is -6.48.